The number of nitrogens with zero attached hydrogens (tertiary/aromatic N) is 1. The maximum absolute atomic E-state index is 10.3. The summed E-state index contributed by atoms with van der Waals surface area (Å²) < 4.78 is 0. The fourth-order valence-corrected chi connectivity index (χ4v) is 3.82. The van der Waals surface area contributed by atoms with Crippen molar-refractivity contribution in [3.63, 3.8) is 0 Å². The van der Waals surface area contributed by atoms with Crippen LogP contribution in [-0.4, -0.2) is 35.2 Å². The molecule has 19 heavy (non-hydrogen) atoms. The molecule has 0 aromatic heterocycles. The number of hydrogen-bond donors (Lipinski definition) is 1. The lowest BCUT2D eigenvalue weighted by atomic mass is 9.79. The smallest absolute Gasteiger partial charge is 0.0695 e. The van der Waals surface area contributed by atoms with E-state index in [0.717, 1.165) is 25.2 Å². The number of likely N-dealkylation sites (tertiary alicyclic amines) is 1. The first-order chi connectivity index (χ1) is 9.24. The van der Waals surface area contributed by atoms with E-state index in [2.05, 4.69) is 42.2 Å². The third-order valence-corrected chi connectivity index (χ3v) is 4.98. The number of aliphatic hydroxyl groups is 1. The van der Waals surface area contributed by atoms with Crippen LogP contribution in [0, 0.1) is 5.92 Å². The second-order valence-electron chi connectivity index (χ2n) is 6.44. The average Bonchev–Trinajstić information content (AvgIpc) is 2.87. The number of aliphatic hydroxyl groups excluding tert-OH is 1. The first-order valence-corrected chi connectivity index (χ1v) is 7.71. The van der Waals surface area contributed by atoms with E-state index in [-0.39, 0.29) is 6.10 Å². The molecule has 1 aliphatic heterocycles. The van der Waals surface area contributed by atoms with Crippen LogP contribution in [-0.2, 0) is 0 Å². The second kappa shape index (κ2) is 5.64. The summed E-state index contributed by atoms with van der Waals surface area (Å²) in [6.07, 6.45) is 4.38. The van der Waals surface area contributed by atoms with Gasteiger partial charge < -0.3 is 5.11 Å². The Morgan fingerprint density at radius 1 is 1.11 bits per heavy atom. The molecule has 1 aromatic carbocycles. The first-order valence-electron chi connectivity index (χ1n) is 7.71. The molecule has 0 amide bonds. The predicted molar refractivity (Wildman–Crippen MR) is 78.2 cm³/mol. The Kier molecular flexibility index (Phi) is 3.90. The van der Waals surface area contributed by atoms with E-state index in [4.69, 9.17) is 0 Å². The molecule has 1 saturated heterocycles. The molecule has 1 aliphatic carbocycles. The van der Waals surface area contributed by atoms with Gasteiger partial charge in [-0.05, 0) is 49.6 Å². The number of benzene rings is 1. The molecule has 1 saturated carbocycles. The Bertz CT molecular complexity index is 405. The average molecular weight is 259 g/mol. The van der Waals surface area contributed by atoms with Crippen LogP contribution >= 0.6 is 0 Å². The predicted octanol–water partition coefficient (Wildman–Crippen LogP) is 3.03. The minimum Gasteiger partial charge on any atom is -0.391 e. The van der Waals surface area contributed by atoms with Crippen molar-refractivity contribution in [3.05, 3.63) is 35.9 Å². The van der Waals surface area contributed by atoms with Gasteiger partial charge in [0, 0.05) is 12.6 Å². The van der Waals surface area contributed by atoms with E-state index in [9.17, 15) is 5.11 Å². The van der Waals surface area contributed by atoms with Gasteiger partial charge in [0.2, 0.25) is 0 Å². The van der Waals surface area contributed by atoms with Crippen LogP contribution in [0.1, 0.15) is 44.1 Å². The van der Waals surface area contributed by atoms with Crippen LogP contribution < -0.4 is 0 Å². The van der Waals surface area contributed by atoms with Gasteiger partial charge >= 0.3 is 0 Å². The summed E-state index contributed by atoms with van der Waals surface area (Å²) in [4.78, 5) is 2.53. The second-order valence-corrected chi connectivity index (χ2v) is 6.44. The van der Waals surface area contributed by atoms with Crippen molar-refractivity contribution < 1.29 is 5.11 Å². The van der Waals surface area contributed by atoms with Crippen LogP contribution in [0.4, 0.5) is 0 Å². The Labute approximate surface area is 116 Å². The fraction of sp³-hybridized carbons (Fsp3) is 0.647. The fourth-order valence-electron chi connectivity index (χ4n) is 3.82. The lowest BCUT2D eigenvalue weighted by Gasteiger charge is -2.39. The van der Waals surface area contributed by atoms with Gasteiger partial charge in [0.15, 0.2) is 0 Å². The summed E-state index contributed by atoms with van der Waals surface area (Å²) >= 11 is 0. The summed E-state index contributed by atoms with van der Waals surface area (Å²) in [5.74, 6) is 1.43. The van der Waals surface area contributed by atoms with Crippen molar-refractivity contribution in [2.45, 2.75) is 50.7 Å². The van der Waals surface area contributed by atoms with Gasteiger partial charge in [-0.15, -0.1) is 0 Å². The highest BCUT2D eigenvalue weighted by Crippen LogP contribution is 2.36. The van der Waals surface area contributed by atoms with E-state index in [1.54, 1.807) is 0 Å². The molecule has 1 N–H and O–H groups in total. The Morgan fingerprint density at radius 3 is 2.58 bits per heavy atom. The van der Waals surface area contributed by atoms with Crippen molar-refractivity contribution in [3.8, 4) is 0 Å². The van der Waals surface area contributed by atoms with Crippen molar-refractivity contribution in [2.24, 2.45) is 5.92 Å². The molecule has 4 unspecified atom stereocenters. The van der Waals surface area contributed by atoms with Crippen LogP contribution in [0.2, 0.25) is 0 Å². The lowest BCUT2D eigenvalue weighted by molar-refractivity contribution is 0.0231. The summed E-state index contributed by atoms with van der Waals surface area (Å²) in [6.45, 7) is 4.66. The van der Waals surface area contributed by atoms with Gasteiger partial charge in [-0.25, -0.2) is 0 Å². The molecule has 4 atom stereocenters. The normalized spacial score (nSPS) is 36.5. The standard InChI is InChI=1S/C17H25NO/c1-13-9-10-18(12-13)16-11-15(7-8-17(16)19)14-5-3-2-4-6-14/h2-6,13,15-17,19H,7-12H2,1H3. The highest BCUT2D eigenvalue weighted by molar-refractivity contribution is 5.20. The third-order valence-electron chi connectivity index (χ3n) is 4.98. The Morgan fingerprint density at radius 2 is 1.89 bits per heavy atom. The summed E-state index contributed by atoms with van der Waals surface area (Å²) in [6, 6.07) is 11.2. The van der Waals surface area contributed by atoms with Gasteiger partial charge in [-0.3, -0.25) is 4.90 Å². The zero-order valence-corrected chi connectivity index (χ0v) is 11.8. The van der Waals surface area contributed by atoms with Crippen molar-refractivity contribution in [1.29, 1.82) is 0 Å². The first kappa shape index (κ1) is 13.1. The Balaban J connectivity index is 1.70. The van der Waals surface area contributed by atoms with Crippen molar-refractivity contribution in [1.82, 2.24) is 4.90 Å². The molecular weight excluding hydrogens is 234 g/mol. The molecule has 0 spiro atoms. The largest absolute Gasteiger partial charge is 0.391 e. The van der Waals surface area contributed by atoms with Gasteiger partial charge in [0.05, 0.1) is 6.10 Å². The van der Waals surface area contributed by atoms with E-state index >= 15 is 0 Å². The van der Waals surface area contributed by atoms with E-state index in [0.29, 0.717) is 12.0 Å². The van der Waals surface area contributed by atoms with E-state index in [1.807, 2.05) is 0 Å². The van der Waals surface area contributed by atoms with Gasteiger partial charge in [0.1, 0.15) is 0 Å². The lowest BCUT2D eigenvalue weighted by Crippen LogP contribution is -2.45. The molecule has 104 valence electrons. The van der Waals surface area contributed by atoms with Gasteiger partial charge in [-0.1, -0.05) is 37.3 Å². The zero-order chi connectivity index (χ0) is 13.2. The summed E-state index contributed by atoms with van der Waals surface area (Å²) in [5.41, 5.74) is 1.45. The molecule has 2 aliphatic rings. The Hall–Kier alpha value is -0.860. The quantitative estimate of drug-likeness (QED) is 0.882. The summed E-state index contributed by atoms with van der Waals surface area (Å²) in [7, 11) is 0. The summed E-state index contributed by atoms with van der Waals surface area (Å²) in [5, 5.41) is 10.3. The SMILES string of the molecule is CC1CCN(C2CC(c3ccccc3)CCC2O)C1. The maximum Gasteiger partial charge on any atom is 0.0695 e. The molecule has 2 fully saturated rings. The molecule has 0 bridgehead atoms. The van der Waals surface area contributed by atoms with Crippen molar-refractivity contribution in [2.75, 3.05) is 13.1 Å². The van der Waals surface area contributed by atoms with Crippen LogP contribution in [0.15, 0.2) is 30.3 Å². The number of hydrogen-bond acceptors (Lipinski definition) is 2. The molecule has 1 aromatic rings. The van der Waals surface area contributed by atoms with Crippen LogP contribution in [0.5, 0.6) is 0 Å². The molecule has 2 nitrogen and oxygen atoms in total. The van der Waals surface area contributed by atoms with E-state index in [1.165, 1.54) is 25.1 Å². The molecule has 0 radical (unpaired) electrons. The van der Waals surface area contributed by atoms with Gasteiger partial charge in [-0.2, -0.15) is 0 Å². The zero-order valence-electron chi connectivity index (χ0n) is 11.8. The highest BCUT2D eigenvalue weighted by atomic mass is 16.3. The minimum absolute atomic E-state index is 0.120. The van der Waals surface area contributed by atoms with Crippen LogP contribution in [0.25, 0.3) is 0 Å². The molecule has 1 heterocycles. The highest BCUT2D eigenvalue weighted by Gasteiger charge is 2.36. The monoisotopic (exact) mass is 259 g/mol. The van der Waals surface area contributed by atoms with Gasteiger partial charge in [0.25, 0.3) is 0 Å². The minimum atomic E-state index is -0.120. The third kappa shape index (κ3) is 2.85. The van der Waals surface area contributed by atoms with E-state index < -0.39 is 0 Å². The molecule has 3 rings (SSSR count). The van der Waals surface area contributed by atoms with Crippen molar-refractivity contribution >= 4 is 0 Å². The van der Waals surface area contributed by atoms with Crippen LogP contribution in [0.3, 0.4) is 0 Å². The molecular formula is C17H25NO. The topological polar surface area (TPSA) is 23.5 Å². The number of rotatable bonds is 2. The molecule has 2 heteroatoms. The maximum atomic E-state index is 10.3.